The molecule has 148 valence electrons. The van der Waals surface area contributed by atoms with Crippen LogP contribution in [0.5, 0.6) is 0 Å². The fourth-order valence-electron chi connectivity index (χ4n) is 3.85. The molecule has 1 aromatic heterocycles. The molecule has 2 amide bonds. The highest BCUT2D eigenvalue weighted by molar-refractivity contribution is 5.93. The molecule has 0 radical (unpaired) electrons. The first-order valence-electron chi connectivity index (χ1n) is 9.75. The summed E-state index contributed by atoms with van der Waals surface area (Å²) in [7, 11) is 0. The van der Waals surface area contributed by atoms with Gasteiger partial charge < -0.3 is 15.6 Å². The molecule has 1 aliphatic heterocycles. The number of hydrogen-bond donors (Lipinski definition) is 2. The van der Waals surface area contributed by atoms with Crippen molar-refractivity contribution in [1.82, 2.24) is 14.8 Å². The predicted octanol–water partition coefficient (Wildman–Crippen LogP) is 2.67. The Morgan fingerprint density at radius 3 is 2.07 bits per heavy atom. The average Bonchev–Trinajstić information content (AvgIpc) is 3.25. The lowest BCUT2D eigenvalue weighted by Gasteiger charge is -2.38. The second-order valence-corrected chi connectivity index (χ2v) is 7.20. The third kappa shape index (κ3) is 4.07. The van der Waals surface area contributed by atoms with Crippen LogP contribution in [0.25, 0.3) is 11.3 Å². The van der Waals surface area contributed by atoms with Crippen LogP contribution >= 0.6 is 0 Å². The van der Waals surface area contributed by atoms with Gasteiger partial charge in [0.1, 0.15) is 11.7 Å². The third-order valence-electron chi connectivity index (χ3n) is 5.35. The van der Waals surface area contributed by atoms with Crippen LogP contribution in [-0.2, 0) is 4.79 Å². The normalized spacial score (nSPS) is 15.8. The number of carbonyl (C=O) groups is 2. The van der Waals surface area contributed by atoms with Gasteiger partial charge in [0.2, 0.25) is 5.91 Å². The van der Waals surface area contributed by atoms with Gasteiger partial charge in [-0.25, -0.2) is 0 Å². The van der Waals surface area contributed by atoms with Gasteiger partial charge in [-0.3, -0.25) is 14.5 Å². The zero-order valence-electron chi connectivity index (χ0n) is 16.1. The molecular weight excluding hydrogens is 364 g/mol. The molecule has 1 saturated heterocycles. The molecule has 0 saturated carbocycles. The number of nitrogens with one attached hydrogen (secondary N) is 1. The molecule has 1 unspecified atom stereocenters. The molecule has 3 aromatic rings. The van der Waals surface area contributed by atoms with E-state index in [1.54, 1.807) is 0 Å². The van der Waals surface area contributed by atoms with Crippen molar-refractivity contribution in [3.63, 3.8) is 0 Å². The van der Waals surface area contributed by atoms with Gasteiger partial charge in [0.05, 0.1) is 0 Å². The van der Waals surface area contributed by atoms with E-state index in [-0.39, 0.29) is 11.8 Å². The highest BCUT2D eigenvalue weighted by Crippen LogP contribution is 2.23. The number of aromatic amines is 1. The van der Waals surface area contributed by atoms with E-state index in [2.05, 4.69) is 4.98 Å². The molecule has 1 atom stereocenters. The molecule has 0 bridgehead atoms. The highest BCUT2D eigenvalue weighted by atomic mass is 16.2. The number of hydrogen-bond acceptors (Lipinski definition) is 3. The second kappa shape index (κ2) is 8.32. The Kier molecular flexibility index (Phi) is 5.44. The van der Waals surface area contributed by atoms with Crippen molar-refractivity contribution in [1.29, 1.82) is 0 Å². The summed E-state index contributed by atoms with van der Waals surface area (Å²) in [6, 6.07) is 22.8. The van der Waals surface area contributed by atoms with E-state index in [1.807, 2.05) is 82.6 Å². The molecule has 1 aliphatic rings. The van der Waals surface area contributed by atoms with Crippen LogP contribution in [0.2, 0.25) is 0 Å². The van der Waals surface area contributed by atoms with E-state index in [4.69, 9.17) is 5.73 Å². The second-order valence-electron chi connectivity index (χ2n) is 7.20. The van der Waals surface area contributed by atoms with Crippen molar-refractivity contribution in [2.24, 2.45) is 5.73 Å². The summed E-state index contributed by atoms with van der Waals surface area (Å²) < 4.78 is 0. The highest BCUT2D eigenvalue weighted by Gasteiger charge is 2.30. The van der Waals surface area contributed by atoms with Crippen LogP contribution in [0, 0.1) is 0 Å². The van der Waals surface area contributed by atoms with E-state index in [0.29, 0.717) is 31.9 Å². The summed E-state index contributed by atoms with van der Waals surface area (Å²) >= 11 is 0. The zero-order valence-corrected chi connectivity index (χ0v) is 16.1. The number of piperazine rings is 1. The van der Waals surface area contributed by atoms with Crippen LogP contribution in [0.3, 0.4) is 0 Å². The van der Waals surface area contributed by atoms with Gasteiger partial charge in [0.15, 0.2) is 0 Å². The average molecular weight is 388 g/mol. The lowest BCUT2D eigenvalue weighted by Crippen LogP contribution is -2.51. The number of primary amides is 1. The Hall–Kier alpha value is -3.38. The first kappa shape index (κ1) is 19.0. The maximum atomic E-state index is 12.9. The van der Waals surface area contributed by atoms with Gasteiger partial charge in [-0.15, -0.1) is 0 Å². The van der Waals surface area contributed by atoms with E-state index in [9.17, 15) is 9.59 Å². The minimum atomic E-state index is -0.469. The smallest absolute Gasteiger partial charge is 0.270 e. The summed E-state index contributed by atoms with van der Waals surface area (Å²) in [5.74, 6) is -0.394. The number of nitrogens with two attached hydrogens (primary N) is 1. The topological polar surface area (TPSA) is 82.4 Å². The molecule has 2 aromatic carbocycles. The Balaban J connectivity index is 1.42. The zero-order chi connectivity index (χ0) is 20.2. The number of aromatic nitrogens is 1. The molecule has 1 fully saturated rings. The van der Waals surface area contributed by atoms with E-state index in [0.717, 1.165) is 16.8 Å². The van der Waals surface area contributed by atoms with Crippen LogP contribution in [0.1, 0.15) is 22.1 Å². The number of nitrogens with zero attached hydrogens (tertiary/aromatic N) is 2. The maximum absolute atomic E-state index is 12.9. The number of benzene rings is 2. The van der Waals surface area contributed by atoms with Gasteiger partial charge in [-0.05, 0) is 23.3 Å². The lowest BCUT2D eigenvalue weighted by molar-refractivity contribution is -0.124. The monoisotopic (exact) mass is 388 g/mol. The molecular formula is C23H24N4O2. The Morgan fingerprint density at radius 2 is 1.45 bits per heavy atom. The fraction of sp³-hybridized carbons (Fsp3) is 0.217. The SMILES string of the molecule is NC(=O)C(c1ccccc1)N1CCN(C(=O)c2ccc(-c3ccccc3)[nH]2)CC1. The van der Waals surface area contributed by atoms with Crippen molar-refractivity contribution in [3.8, 4) is 11.3 Å². The van der Waals surface area contributed by atoms with Crippen molar-refractivity contribution in [2.75, 3.05) is 26.2 Å². The predicted molar refractivity (Wildman–Crippen MR) is 112 cm³/mol. The van der Waals surface area contributed by atoms with Crippen molar-refractivity contribution in [2.45, 2.75) is 6.04 Å². The molecule has 4 rings (SSSR count). The quantitative estimate of drug-likeness (QED) is 0.705. The standard InChI is InChI=1S/C23H24N4O2/c24-22(28)21(18-9-5-2-6-10-18)26-13-15-27(16-14-26)23(29)20-12-11-19(25-20)17-7-3-1-4-8-17/h1-12,21,25H,13-16H2,(H2,24,28). The van der Waals surface area contributed by atoms with Crippen LogP contribution in [0.15, 0.2) is 72.8 Å². The summed E-state index contributed by atoms with van der Waals surface area (Å²) in [6.07, 6.45) is 0. The number of H-pyrrole nitrogens is 1. The number of amides is 2. The fourth-order valence-corrected chi connectivity index (χ4v) is 3.85. The van der Waals surface area contributed by atoms with Gasteiger partial charge in [-0.2, -0.15) is 0 Å². The maximum Gasteiger partial charge on any atom is 0.270 e. The van der Waals surface area contributed by atoms with Crippen molar-refractivity contribution < 1.29 is 9.59 Å². The molecule has 0 aliphatic carbocycles. The van der Waals surface area contributed by atoms with Crippen molar-refractivity contribution in [3.05, 3.63) is 84.1 Å². The van der Waals surface area contributed by atoms with Gasteiger partial charge >= 0.3 is 0 Å². The molecule has 6 heteroatoms. The molecule has 0 spiro atoms. The first-order valence-corrected chi connectivity index (χ1v) is 9.75. The van der Waals surface area contributed by atoms with E-state index >= 15 is 0 Å². The summed E-state index contributed by atoms with van der Waals surface area (Å²) in [5.41, 5.74) is 9.11. The van der Waals surface area contributed by atoms with E-state index in [1.165, 1.54) is 0 Å². The van der Waals surface area contributed by atoms with Crippen LogP contribution in [-0.4, -0.2) is 52.8 Å². The van der Waals surface area contributed by atoms with Gasteiger partial charge in [-0.1, -0.05) is 60.7 Å². The Labute approximate surface area is 169 Å². The first-order chi connectivity index (χ1) is 14.1. The number of rotatable bonds is 5. The van der Waals surface area contributed by atoms with Crippen molar-refractivity contribution >= 4 is 11.8 Å². The Morgan fingerprint density at radius 1 is 0.828 bits per heavy atom. The van der Waals surface area contributed by atoms with E-state index < -0.39 is 6.04 Å². The minimum absolute atomic E-state index is 0.0258. The van der Waals surface area contributed by atoms with Crippen LogP contribution < -0.4 is 5.73 Å². The minimum Gasteiger partial charge on any atom is -0.368 e. The molecule has 29 heavy (non-hydrogen) atoms. The summed E-state index contributed by atoms with van der Waals surface area (Å²) in [4.78, 5) is 32.1. The molecule has 3 N–H and O–H groups in total. The number of carbonyl (C=O) groups excluding carboxylic acids is 2. The molecule has 6 nitrogen and oxygen atoms in total. The third-order valence-corrected chi connectivity index (χ3v) is 5.35. The lowest BCUT2D eigenvalue weighted by atomic mass is 10.0. The van der Waals surface area contributed by atoms with Gasteiger partial charge in [0.25, 0.3) is 5.91 Å². The summed E-state index contributed by atoms with van der Waals surface area (Å²) in [5, 5.41) is 0. The Bertz CT molecular complexity index is 976. The molecule has 2 heterocycles. The largest absolute Gasteiger partial charge is 0.368 e. The van der Waals surface area contributed by atoms with Crippen LogP contribution in [0.4, 0.5) is 0 Å². The van der Waals surface area contributed by atoms with Gasteiger partial charge in [0, 0.05) is 31.9 Å². The summed E-state index contributed by atoms with van der Waals surface area (Å²) in [6.45, 7) is 2.30.